The van der Waals surface area contributed by atoms with Crippen LogP contribution in [0.5, 0.6) is 5.75 Å². The fourth-order valence-electron chi connectivity index (χ4n) is 2.54. The molecule has 1 atom stereocenters. The lowest BCUT2D eigenvalue weighted by molar-refractivity contribution is -0.139. The van der Waals surface area contributed by atoms with Crippen molar-refractivity contribution >= 4 is 15.7 Å². The van der Waals surface area contributed by atoms with Crippen LogP contribution < -0.4 is 14.8 Å². The maximum absolute atomic E-state index is 13.3. The summed E-state index contributed by atoms with van der Waals surface area (Å²) < 4.78 is 67.8. The van der Waals surface area contributed by atoms with Crippen LogP contribution in [0.25, 0.3) is 0 Å². The van der Waals surface area contributed by atoms with E-state index in [9.17, 15) is 21.6 Å². The van der Waals surface area contributed by atoms with E-state index < -0.39 is 26.7 Å². The van der Waals surface area contributed by atoms with Crippen LogP contribution in [0, 0.1) is 0 Å². The molecule has 0 amide bonds. The number of anilines is 1. The number of alkyl halides is 3. The van der Waals surface area contributed by atoms with E-state index in [1.165, 1.54) is 13.2 Å². The molecule has 0 fully saturated rings. The second-order valence-electron chi connectivity index (χ2n) is 5.78. The number of nitrogens with zero attached hydrogens (tertiary/aromatic N) is 1. The minimum Gasteiger partial charge on any atom is -0.497 e. The molecule has 0 radical (unpaired) electrons. The number of nitrogens with two attached hydrogens (primary N) is 1. The van der Waals surface area contributed by atoms with E-state index in [2.05, 4.69) is 0 Å². The Balaban J connectivity index is 2.43. The molecular formula is C17H19F3N2O3S. The number of ether oxygens (including phenoxy) is 1. The molecule has 26 heavy (non-hydrogen) atoms. The number of hydrogen-bond donors (Lipinski definition) is 1. The Kier molecular flexibility index (Phi) is 5.52. The van der Waals surface area contributed by atoms with Crippen molar-refractivity contribution in [3.05, 3.63) is 53.6 Å². The van der Waals surface area contributed by atoms with Crippen molar-refractivity contribution in [1.82, 2.24) is 0 Å². The summed E-state index contributed by atoms with van der Waals surface area (Å²) in [6.07, 6.45) is -4.85. The Morgan fingerprint density at radius 1 is 1.12 bits per heavy atom. The molecule has 0 aliphatic carbocycles. The van der Waals surface area contributed by atoms with E-state index >= 15 is 0 Å². The van der Waals surface area contributed by atoms with Gasteiger partial charge >= 0.3 is 6.18 Å². The molecule has 9 heteroatoms. The first-order chi connectivity index (χ1) is 11.9. The third-order valence-electron chi connectivity index (χ3n) is 4.16. The molecule has 2 rings (SSSR count). The summed E-state index contributed by atoms with van der Waals surface area (Å²) in [4.78, 5) is 0.670. The van der Waals surface area contributed by atoms with Gasteiger partial charge in [-0.1, -0.05) is 12.1 Å². The third kappa shape index (κ3) is 4.28. The van der Waals surface area contributed by atoms with Crippen LogP contribution in [0.2, 0.25) is 0 Å². The molecule has 1 unspecified atom stereocenters. The van der Waals surface area contributed by atoms with Gasteiger partial charge in [0.25, 0.3) is 0 Å². The van der Waals surface area contributed by atoms with Crippen molar-refractivity contribution in [3.63, 3.8) is 0 Å². The average molecular weight is 388 g/mol. The van der Waals surface area contributed by atoms with Gasteiger partial charge in [-0.15, -0.1) is 0 Å². The van der Waals surface area contributed by atoms with Crippen LogP contribution in [-0.2, 0) is 16.2 Å². The van der Waals surface area contributed by atoms with Gasteiger partial charge in [-0.05, 0) is 42.8 Å². The highest BCUT2D eigenvalue weighted by atomic mass is 32.2. The number of halogens is 3. The van der Waals surface area contributed by atoms with Crippen molar-refractivity contribution in [2.24, 2.45) is 5.14 Å². The number of methoxy groups -OCH3 is 1. The maximum atomic E-state index is 13.3. The standard InChI is InChI=1S/C17H19F3N2O3S/c1-11(12-4-7-14(25-3)8-5-12)22(2)13-6-9-16(26(21,23)24)15(10-13)17(18,19)20/h4-11H,1-3H3,(H2,21,23,24). The second kappa shape index (κ2) is 7.16. The zero-order valence-corrected chi connectivity index (χ0v) is 15.2. The van der Waals surface area contributed by atoms with Gasteiger partial charge in [0.05, 0.1) is 23.6 Å². The first-order valence-electron chi connectivity index (χ1n) is 7.56. The highest BCUT2D eigenvalue weighted by molar-refractivity contribution is 7.89. The van der Waals surface area contributed by atoms with Gasteiger partial charge in [-0.2, -0.15) is 13.2 Å². The molecule has 0 bridgehead atoms. The summed E-state index contributed by atoms with van der Waals surface area (Å²) in [5.41, 5.74) is -0.211. The normalized spacial score (nSPS) is 13.3. The molecule has 2 aromatic rings. The molecular weight excluding hydrogens is 369 g/mol. The van der Waals surface area contributed by atoms with E-state index in [0.717, 1.165) is 17.7 Å². The van der Waals surface area contributed by atoms with Gasteiger partial charge in [0.1, 0.15) is 5.75 Å². The molecule has 0 spiro atoms. The lowest BCUT2D eigenvalue weighted by Gasteiger charge is -2.28. The minimum absolute atomic E-state index is 0.216. The number of primary sulfonamides is 1. The lowest BCUT2D eigenvalue weighted by Crippen LogP contribution is -2.24. The molecule has 0 saturated heterocycles. The van der Waals surface area contributed by atoms with Crippen molar-refractivity contribution < 1.29 is 26.3 Å². The number of sulfonamides is 1. The van der Waals surface area contributed by atoms with Gasteiger partial charge in [0.15, 0.2) is 0 Å². The maximum Gasteiger partial charge on any atom is 0.417 e. The van der Waals surface area contributed by atoms with Crippen LogP contribution in [0.4, 0.5) is 18.9 Å². The predicted octanol–water partition coefficient (Wildman–Crippen LogP) is 3.56. The largest absolute Gasteiger partial charge is 0.497 e. The zero-order valence-electron chi connectivity index (χ0n) is 14.4. The number of hydrogen-bond acceptors (Lipinski definition) is 4. The molecule has 0 aromatic heterocycles. The first kappa shape index (κ1) is 20.1. The second-order valence-corrected chi connectivity index (χ2v) is 7.31. The monoisotopic (exact) mass is 388 g/mol. The van der Waals surface area contributed by atoms with Crippen LogP contribution in [0.3, 0.4) is 0 Å². The minimum atomic E-state index is -4.85. The van der Waals surface area contributed by atoms with Crippen molar-refractivity contribution in [2.75, 3.05) is 19.1 Å². The molecule has 142 valence electrons. The number of rotatable bonds is 5. The summed E-state index contributed by atoms with van der Waals surface area (Å²) in [7, 11) is -1.33. The van der Waals surface area contributed by atoms with Gasteiger partial charge < -0.3 is 9.64 Å². The molecule has 2 aromatic carbocycles. The molecule has 0 heterocycles. The Morgan fingerprint density at radius 3 is 2.15 bits per heavy atom. The summed E-state index contributed by atoms with van der Waals surface area (Å²) in [6, 6.07) is 9.84. The van der Waals surface area contributed by atoms with Crippen molar-refractivity contribution in [3.8, 4) is 5.75 Å². The highest BCUT2D eigenvalue weighted by Crippen LogP contribution is 2.37. The molecule has 0 aliphatic rings. The third-order valence-corrected chi connectivity index (χ3v) is 5.13. The summed E-state index contributed by atoms with van der Waals surface area (Å²) >= 11 is 0. The summed E-state index contributed by atoms with van der Waals surface area (Å²) in [6.45, 7) is 1.82. The van der Waals surface area contributed by atoms with Gasteiger partial charge in [0.2, 0.25) is 10.0 Å². The fourth-order valence-corrected chi connectivity index (χ4v) is 3.28. The molecule has 0 aliphatic heterocycles. The van der Waals surface area contributed by atoms with Crippen LogP contribution in [-0.4, -0.2) is 22.6 Å². The molecule has 0 saturated carbocycles. The fraction of sp³-hybridized carbons (Fsp3) is 0.294. The predicted molar refractivity (Wildman–Crippen MR) is 92.6 cm³/mol. The Hall–Kier alpha value is -2.26. The summed E-state index contributed by atoms with van der Waals surface area (Å²) in [5, 5.41) is 4.91. The quantitative estimate of drug-likeness (QED) is 0.850. The van der Waals surface area contributed by atoms with Crippen LogP contribution in [0.1, 0.15) is 24.1 Å². The number of benzene rings is 2. The topological polar surface area (TPSA) is 72.6 Å². The lowest BCUT2D eigenvalue weighted by atomic mass is 10.1. The van der Waals surface area contributed by atoms with E-state index in [0.29, 0.717) is 5.75 Å². The average Bonchev–Trinajstić information content (AvgIpc) is 2.58. The van der Waals surface area contributed by atoms with E-state index in [4.69, 9.17) is 9.88 Å². The van der Waals surface area contributed by atoms with Crippen molar-refractivity contribution in [1.29, 1.82) is 0 Å². The van der Waals surface area contributed by atoms with Gasteiger partial charge in [-0.3, -0.25) is 0 Å². The molecule has 2 N–H and O–H groups in total. The molecule has 5 nitrogen and oxygen atoms in total. The summed E-state index contributed by atoms with van der Waals surface area (Å²) in [5.74, 6) is 0.667. The Bertz CT molecular complexity index is 881. The Labute approximate surface area is 150 Å². The first-order valence-corrected chi connectivity index (χ1v) is 9.10. The van der Waals surface area contributed by atoms with E-state index in [1.807, 2.05) is 19.1 Å². The Morgan fingerprint density at radius 2 is 1.69 bits per heavy atom. The SMILES string of the molecule is COc1ccc(C(C)N(C)c2ccc(S(N)(=O)=O)c(C(F)(F)F)c2)cc1. The van der Waals surface area contributed by atoms with E-state index in [1.54, 1.807) is 24.1 Å². The smallest absolute Gasteiger partial charge is 0.417 e. The van der Waals surface area contributed by atoms with Crippen LogP contribution in [0.15, 0.2) is 47.4 Å². The zero-order chi connectivity index (χ0) is 19.7. The van der Waals surface area contributed by atoms with Gasteiger partial charge in [-0.25, -0.2) is 13.6 Å². The van der Waals surface area contributed by atoms with Crippen molar-refractivity contribution in [2.45, 2.75) is 24.0 Å². The van der Waals surface area contributed by atoms with E-state index in [-0.39, 0.29) is 11.7 Å². The highest BCUT2D eigenvalue weighted by Gasteiger charge is 2.37. The van der Waals surface area contributed by atoms with Crippen LogP contribution >= 0.6 is 0 Å². The van der Waals surface area contributed by atoms with Gasteiger partial charge in [0, 0.05) is 12.7 Å².